The highest BCUT2D eigenvalue weighted by atomic mass is 15.3. The van der Waals surface area contributed by atoms with Crippen molar-refractivity contribution < 1.29 is 0 Å². The molecule has 1 N–H and O–H groups in total. The lowest BCUT2D eigenvalue weighted by atomic mass is 10.0. The average Bonchev–Trinajstić information content (AvgIpc) is 2.95. The van der Waals surface area contributed by atoms with E-state index in [1.165, 1.54) is 30.7 Å². The fourth-order valence-corrected chi connectivity index (χ4v) is 3.87. The van der Waals surface area contributed by atoms with Gasteiger partial charge in [0.15, 0.2) is 0 Å². The van der Waals surface area contributed by atoms with E-state index in [4.69, 9.17) is 0 Å². The van der Waals surface area contributed by atoms with Gasteiger partial charge < -0.3 is 14.8 Å². The van der Waals surface area contributed by atoms with Gasteiger partial charge in [-0.3, -0.25) is 0 Å². The third-order valence-electron chi connectivity index (χ3n) is 5.33. The van der Waals surface area contributed by atoms with Gasteiger partial charge in [-0.05, 0) is 31.4 Å². The molecule has 3 heterocycles. The number of nitrogens with zero attached hydrogens (tertiary/aromatic N) is 4. The Morgan fingerprint density at radius 2 is 1.96 bits per heavy atom. The van der Waals surface area contributed by atoms with E-state index in [1.54, 1.807) is 0 Å². The fraction of sp³-hybridized carbons (Fsp3) is 0.579. The first-order valence-corrected chi connectivity index (χ1v) is 9.32. The van der Waals surface area contributed by atoms with E-state index in [-0.39, 0.29) is 0 Å². The largest absolute Gasteiger partial charge is 0.312 e. The minimum absolute atomic E-state index is 0.399. The summed E-state index contributed by atoms with van der Waals surface area (Å²) in [5.74, 6) is 2.33. The number of nitrogens with one attached hydrogen (secondary N) is 1. The predicted molar refractivity (Wildman–Crippen MR) is 94.9 cm³/mol. The Hall–Kier alpha value is -1.72. The molecule has 2 aliphatic rings. The second-order valence-corrected chi connectivity index (χ2v) is 6.96. The van der Waals surface area contributed by atoms with Crippen LogP contribution in [0, 0.1) is 0 Å². The molecule has 1 aromatic carbocycles. The maximum absolute atomic E-state index is 4.51. The standard InChI is InChI=1S/C19H27N5/c1-2-6-16(7-3-1)9-12-23-13-10-18-21-22-19(24(18)15-14-23)17-8-4-5-11-20-17/h1-3,6-7,17,20H,4-5,8-15H2/t17-/m0/s1. The zero-order valence-electron chi connectivity index (χ0n) is 14.3. The molecule has 1 saturated heterocycles. The van der Waals surface area contributed by atoms with Gasteiger partial charge in [-0.15, -0.1) is 10.2 Å². The second kappa shape index (κ2) is 7.45. The first-order valence-electron chi connectivity index (χ1n) is 9.32. The molecule has 0 amide bonds. The summed E-state index contributed by atoms with van der Waals surface area (Å²) in [4.78, 5) is 2.57. The van der Waals surface area contributed by atoms with Crippen LogP contribution in [0.3, 0.4) is 0 Å². The minimum Gasteiger partial charge on any atom is -0.312 e. The topological polar surface area (TPSA) is 46.0 Å². The molecular weight excluding hydrogens is 298 g/mol. The summed E-state index contributed by atoms with van der Waals surface area (Å²) in [5, 5.41) is 12.6. The van der Waals surface area contributed by atoms with E-state index in [2.05, 4.69) is 55.3 Å². The van der Waals surface area contributed by atoms with Gasteiger partial charge in [0, 0.05) is 32.6 Å². The van der Waals surface area contributed by atoms with Crippen LogP contribution in [0.2, 0.25) is 0 Å². The van der Waals surface area contributed by atoms with Gasteiger partial charge in [0.2, 0.25) is 0 Å². The van der Waals surface area contributed by atoms with Crippen LogP contribution in [0.1, 0.15) is 42.5 Å². The Morgan fingerprint density at radius 3 is 2.79 bits per heavy atom. The van der Waals surface area contributed by atoms with Crippen molar-refractivity contribution in [1.29, 1.82) is 0 Å². The first kappa shape index (κ1) is 15.8. The molecule has 128 valence electrons. The molecule has 0 spiro atoms. The lowest BCUT2D eigenvalue weighted by molar-refractivity contribution is 0.279. The third kappa shape index (κ3) is 3.52. The molecule has 0 unspecified atom stereocenters. The highest BCUT2D eigenvalue weighted by molar-refractivity contribution is 5.15. The van der Waals surface area contributed by atoms with E-state index < -0.39 is 0 Å². The molecule has 24 heavy (non-hydrogen) atoms. The second-order valence-electron chi connectivity index (χ2n) is 6.96. The summed E-state index contributed by atoms with van der Waals surface area (Å²) in [5.41, 5.74) is 1.42. The van der Waals surface area contributed by atoms with Gasteiger partial charge in [-0.2, -0.15) is 0 Å². The van der Waals surface area contributed by atoms with Gasteiger partial charge >= 0.3 is 0 Å². The zero-order valence-corrected chi connectivity index (χ0v) is 14.3. The van der Waals surface area contributed by atoms with Crippen molar-refractivity contribution in [2.75, 3.05) is 26.2 Å². The van der Waals surface area contributed by atoms with Gasteiger partial charge in [0.25, 0.3) is 0 Å². The molecule has 0 aliphatic carbocycles. The summed E-state index contributed by atoms with van der Waals surface area (Å²) in [6.45, 7) is 5.43. The molecule has 0 bridgehead atoms. The van der Waals surface area contributed by atoms with Crippen molar-refractivity contribution in [3.8, 4) is 0 Å². The molecule has 2 aliphatic heterocycles. The Bertz CT molecular complexity index is 645. The number of fused-ring (bicyclic) bond motifs is 1. The highest BCUT2D eigenvalue weighted by Crippen LogP contribution is 2.23. The highest BCUT2D eigenvalue weighted by Gasteiger charge is 2.24. The Balaban J connectivity index is 1.38. The third-order valence-corrected chi connectivity index (χ3v) is 5.33. The van der Waals surface area contributed by atoms with Crippen LogP contribution in [0.4, 0.5) is 0 Å². The number of piperidine rings is 1. The van der Waals surface area contributed by atoms with Gasteiger partial charge in [-0.25, -0.2) is 0 Å². The average molecular weight is 325 g/mol. The summed E-state index contributed by atoms with van der Waals surface area (Å²) >= 11 is 0. The quantitative estimate of drug-likeness (QED) is 0.936. The molecule has 1 atom stereocenters. The van der Waals surface area contributed by atoms with Crippen LogP contribution in [-0.4, -0.2) is 45.8 Å². The Morgan fingerprint density at radius 1 is 1.04 bits per heavy atom. The number of hydrogen-bond donors (Lipinski definition) is 1. The zero-order chi connectivity index (χ0) is 16.2. The predicted octanol–water partition coefficient (Wildman–Crippen LogP) is 2.19. The van der Waals surface area contributed by atoms with Gasteiger partial charge in [0.05, 0.1) is 6.04 Å². The normalized spacial score (nSPS) is 22.1. The number of aromatic nitrogens is 3. The van der Waals surface area contributed by atoms with E-state index in [9.17, 15) is 0 Å². The van der Waals surface area contributed by atoms with Crippen LogP contribution >= 0.6 is 0 Å². The van der Waals surface area contributed by atoms with Crippen LogP contribution in [0.15, 0.2) is 30.3 Å². The summed E-state index contributed by atoms with van der Waals surface area (Å²) in [6.07, 6.45) is 5.90. The van der Waals surface area contributed by atoms with E-state index in [0.29, 0.717) is 6.04 Å². The molecule has 1 fully saturated rings. The van der Waals surface area contributed by atoms with Crippen molar-refractivity contribution in [1.82, 2.24) is 25.0 Å². The van der Waals surface area contributed by atoms with Crippen LogP contribution in [0.25, 0.3) is 0 Å². The molecule has 2 aromatic rings. The summed E-state index contributed by atoms with van der Waals surface area (Å²) in [7, 11) is 0. The molecule has 5 heteroatoms. The maximum atomic E-state index is 4.51. The van der Waals surface area contributed by atoms with Crippen LogP contribution < -0.4 is 5.32 Å². The SMILES string of the molecule is c1ccc(CCN2CCc3nnc([C@@H]4CCCCN4)n3CC2)cc1. The summed E-state index contributed by atoms with van der Waals surface area (Å²) < 4.78 is 2.38. The van der Waals surface area contributed by atoms with E-state index in [1.807, 2.05) is 0 Å². The van der Waals surface area contributed by atoms with E-state index >= 15 is 0 Å². The lowest BCUT2D eigenvalue weighted by Crippen LogP contribution is -2.31. The Labute approximate surface area is 144 Å². The van der Waals surface area contributed by atoms with Crippen molar-refractivity contribution in [3.63, 3.8) is 0 Å². The molecule has 0 saturated carbocycles. The van der Waals surface area contributed by atoms with Gasteiger partial charge in [-0.1, -0.05) is 36.8 Å². The number of benzene rings is 1. The number of hydrogen-bond acceptors (Lipinski definition) is 4. The maximum Gasteiger partial charge on any atom is 0.150 e. The molecule has 4 rings (SSSR count). The van der Waals surface area contributed by atoms with Crippen molar-refractivity contribution in [3.05, 3.63) is 47.5 Å². The van der Waals surface area contributed by atoms with E-state index in [0.717, 1.165) is 51.4 Å². The lowest BCUT2D eigenvalue weighted by Gasteiger charge is -2.24. The molecule has 1 aromatic heterocycles. The van der Waals surface area contributed by atoms with Crippen molar-refractivity contribution >= 4 is 0 Å². The van der Waals surface area contributed by atoms with Gasteiger partial charge in [0.1, 0.15) is 11.6 Å². The van der Waals surface area contributed by atoms with Crippen LogP contribution in [-0.2, 0) is 19.4 Å². The number of rotatable bonds is 4. The molecular formula is C19H27N5. The van der Waals surface area contributed by atoms with Crippen LogP contribution in [0.5, 0.6) is 0 Å². The summed E-state index contributed by atoms with van der Waals surface area (Å²) in [6, 6.07) is 11.2. The minimum atomic E-state index is 0.399. The van der Waals surface area contributed by atoms with Crippen molar-refractivity contribution in [2.45, 2.75) is 44.7 Å². The smallest absolute Gasteiger partial charge is 0.150 e. The molecule has 5 nitrogen and oxygen atoms in total. The fourth-order valence-electron chi connectivity index (χ4n) is 3.87. The van der Waals surface area contributed by atoms with Crippen molar-refractivity contribution in [2.24, 2.45) is 0 Å². The Kier molecular flexibility index (Phi) is 4.90. The monoisotopic (exact) mass is 325 g/mol. The molecule has 0 radical (unpaired) electrons. The first-order chi connectivity index (χ1) is 11.9.